The fourth-order valence-electron chi connectivity index (χ4n) is 2.71. The van der Waals surface area contributed by atoms with Crippen molar-refractivity contribution in [2.45, 2.75) is 39.5 Å². The first-order valence-electron chi connectivity index (χ1n) is 9.60. The summed E-state index contributed by atoms with van der Waals surface area (Å²) in [5.74, 6) is 0.503. The van der Waals surface area contributed by atoms with Crippen molar-refractivity contribution in [1.82, 2.24) is 5.43 Å². The topological polar surface area (TPSA) is 89.0 Å². The Bertz CT molecular complexity index is 928. The van der Waals surface area contributed by atoms with Crippen molar-refractivity contribution in [3.05, 3.63) is 53.6 Å². The Kier molecular flexibility index (Phi) is 7.58. The van der Waals surface area contributed by atoms with Crippen LogP contribution < -0.4 is 20.2 Å². The lowest BCUT2D eigenvalue weighted by atomic mass is 9.87. The molecule has 30 heavy (non-hydrogen) atoms. The van der Waals surface area contributed by atoms with Gasteiger partial charge in [0.25, 0.3) is 5.91 Å². The Morgan fingerprint density at radius 2 is 1.67 bits per heavy atom. The van der Waals surface area contributed by atoms with Crippen molar-refractivity contribution in [2.75, 3.05) is 19.5 Å². The molecule has 0 heterocycles. The maximum atomic E-state index is 12.3. The third-order valence-corrected chi connectivity index (χ3v) is 4.46. The number of methoxy groups -OCH3 is 2. The molecular weight excluding hydrogens is 382 g/mol. The van der Waals surface area contributed by atoms with Crippen molar-refractivity contribution < 1.29 is 19.1 Å². The lowest BCUT2D eigenvalue weighted by Gasteiger charge is -2.18. The van der Waals surface area contributed by atoms with E-state index in [-0.39, 0.29) is 23.7 Å². The molecule has 0 radical (unpaired) electrons. The van der Waals surface area contributed by atoms with E-state index in [1.54, 1.807) is 44.4 Å². The van der Waals surface area contributed by atoms with Crippen LogP contribution in [0.3, 0.4) is 0 Å². The van der Waals surface area contributed by atoms with Crippen LogP contribution in [0, 0.1) is 0 Å². The summed E-state index contributed by atoms with van der Waals surface area (Å²) in [5.41, 5.74) is 5.12. The fourth-order valence-corrected chi connectivity index (χ4v) is 2.71. The molecule has 7 nitrogen and oxygen atoms in total. The van der Waals surface area contributed by atoms with Gasteiger partial charge in [-0.2, -0.15) is 5.10 Å². The lowest BCUT2D eigenvalue weighted by molar-refractivity contribution is -0.115. The van der Waals surface area contributed by atoms with E-state index in [0.717, 1.165) is 5.56 Å². The van der Waals surface area contributed by atoms with Crippen molar-refractivity contribution in [3.63, 3.8) is 0 Å². The van der Waals surface area contributed by atoms with Gasteiger partial charge in [-0.15, -0.1) is 0 Å². The van der Waals surface area contributed by atoms with E-state index in [9.17, 15) is 9.59 Å². The Balaban J connectivity index is 1.96. The third-order valence-electron chi connectivity index (χ3n) is 4.46. The summed E-state index contributed by atoms with van der Waals surface area (Å²) in [7, 11) is 3.07. The first-order valence-corrected chi connectivity index (χ1v) is 9.60. The van der Waals surface area contributed by atoms with Gasteiger partial charge in [-0.05, 0) is 42.2 Å². The van der Waals surface area contributed by atoms with Gasteiger partial charge in [0.1, 0.15) is 11.5 Å². The Labute approximate surface area is 177 Å². The summed E-state index contributed by atoms with van der Waals surface area (Å²) >= 11 is 0. The number of nitrogens with one attached hydrogen (secondary N) is 2. The highest BCUT2D eigenvalue weighted by atomic mass is 16.5. The van der Waals surface area contributed by atoms with Gasteiger partial charge in [0.05, 0.1) is 26.3 Å². The molecule has 2 rings (SSSR count). The molecule has 0 bridgehead atoms. The number of carbonyl (C=O) groups excluding carboxylic acids is 2. The van der Waals surface area contributed by atoms with Gasteiger partial charge in [0.2, 0.25) is 5.91 Å². The van der Waals surface area contributed by atoms with Gasteiger partial charge in [-0.3, -0.25) is 9.59 Å². The second-order valence-corrected chi connectivity index (χ2v) is 7.91. The summed E-state index contributed by atoms with van der Waals surface area (Å²) < 4.78 is 10.4. The minimum atomic E-state index is -0.329. The van der Waals surface area contributed by atoms with Crippen molar-refractivity contribution in [3.8, 4) is 11.5 Å². The maximum Gasteiger partial charge on any atom is 0.271 e. The molecule has 0 aliphatic rings. The average Bonchev–Trinajstić information content (AvgIpc) is 2.71. The number of hydrogen-bond acceptors (Lipinski definition) is 5. The SMILES string of the molecule is COc1ccc(OC)c(NC(=O)C/C(C)=N\NC(=O)c2ccc(C(C)(C)C)cc2)c1. The highest BCUT2D eigenvalue weighted by Gasteiger charge is 2.14. The van der Waals surface area contributed by atoms with Crippen LogP contribution in [0.5, 0.6) is 11.5 Å². The molecule has 0 spiro atoms. The number of ether oxygens (including phenoxy) is 2. The number of hydrazone groups is 1. The smallest absolute Gasteiger partial charge is 0.271 e. The molecule has 2 aromatic carbocycles. The van der Waals surface area contributed by atoms with Crippen LogP contribution in [0.4, 0.5) is 5.69 Å². The Morgan fingerprint density at radius 1 is 1.00 bits per heavy atom. The van der Waals surface area contributed by atoms with E-state index < -0.39 is 0 Å². The fraction of sp³-hybridized carbons (Fsp3) is 0.348. The van der Waals surface area contributed by atoms with Crippen LogP contribution in [0.2, 0.25) is 0 Å². The van der Waals surface area contributed by atoms with Crippen LogP contribution in [-0.2, 0) is 10.2 Å². The number of amides is 2. The average molecular weight is 412 g/mol. The monoisotopic (exact) mass is 411 g/mol. The number of benzene rings is 2. The molecule has 7 heteroatoms. The third kappa shape index (κ3) is 6.34. The number of rotatable bonds is 7. The Morgan fingerprint density at radius 3 is 2.23 bits per heavy atom. The van der Waals surface area contributed by atoms with Crippen molar-refractivity contribution in [2.24, 2.45) is 5.10 Å². The number of nitrogens with zero attached hydrogens (tertiary/aromatic N) is 1. The standard InChI is InChI=1S/C23H29N3O4/c1-15(13-21(27)24-19-14-18(29-5)11-12-20(19)30-6)25-26-22(28)16-7-9-17(10-8-16)23(2,3)4/h7-12,14H,13H2,1-6H3,(H,24,27)(H,26,28)/b25-15-. The van der Waals surface area contributed by atoms with Crippen LogP contribution in [0.15, 0.2) is 47.6 Å². The van der Waals surface area contributed by atoms with E-state index in [0.29, 0.717) is 28.5 Å². The van der Waals surface area contributed by atoms with Gasteiger partial charge in [-0.25, -0.2) is 5.43 Å². The molecule has 0 unspecified atom stereocenters. The number of carbonyl (C=O) groups is 2. The molecule has 0 atom stereocenters. The van der Waals surface area contributed by atoms with Gasteiger partial charge in [0, 0.05) is 17.3 Å². The predicted molar refractivity (Wildman–Crippen MR) is 119 cm³/mol. The first kappa shape index (κ1) is 22.9. The highest BCUT2D eigenvalue weighted by Crippen LogP contribution is 2.29. The molecular formula is C23H29N3O4. The zero-order valence-corrected chi connectivity index (χ0v) is 18.3. The first-order chi connectivity index (χ1) is 14.1. The molecule has 0 fully saturated rings. The summed E-state index contributed by atoms with van der Waals surface area (Å²) in [4.78, 5) is 24.6. The van der Waals surface area contributed by atoms with E-state index >= 15 is 0 Å². The van der Waals surface area contributed by atoms with Crippen LogP contribution in [0.1, 0.15) is 50.0 Å². The van der Waals surface area contributed by atoms with Gasteiger partial charge < -0.3 is 14.8 Å². The molecule has 160 valence electrons. The van der Waals surface area contributed by atoms with Crippen molar-refractivity contribution >= 4 is 23.2 Å². The quantitative estimate of drug-likeness (QED) is 0.529. The highest BCUT2D eigenvalue weighted by molar-refractivity contribution is 6.06. The zero-order chi connectivity index (χ0) is 22.3. The molecule has 2 aromatic rings. The number of anilines is 1. The second kappa shape index (κ2) is 9.91. The van der Waals surface area contributed by atoms with Crippen LogP contribution >= 0.6 is 0 Å². The van der Waals surface area contributed by atoms with Gasteiger partial charge >= 0.3 is 0 Å². The zero-order valence-electron chi connectivity index (χ0n) is 18.3. The molecule has 0 aliphatic heterocycles. The molecule has 0 saturated heterocycles. The maximum absolute atomic E-state index is 12.3. The predicted octanol–water partition coefficient (Wildman–Crippen LogP) is 4.14. The summed E-state index contributed by atoms with van der Waals surface area (Å²) in [6, 6.07) is 12.5. The molecule has 0 saturated carbocycles. The normalized spacial score (nSPS) is 11.6. The molecule has 2 amide bonds. The van der Waals surface area contributed by atoms with E-state index in [1.807, 2.05) is 12.1 Å². The molecule has 0 aliphatic carbocycles. The largest absolute Gasteiger partial charge is 0.497 e. The van der Waals surface area contributed by atoms with Crippen LogP contribution in [0.25, 0.3) is 0 Å². The minimum absolute atomic E-state index is 0.0164. The molecule has 0 aromatic heterocycles. The van der Waals surface area contributed by atoms with Gasteiger partial charge in [0.15, 0.2) is 0 Å². The second-order valence-electron chi connectivity index (χ2n) is 7.91. The Hall–Kier alpha value is -3.35. The van der Waals surface area contributed by atoms with E-state index in [2.05, 4.69) is 36.6 Å². The summed E-state index contributed by atoms with van der Waals surface area (Å²) in [5, 5.41) is 6.80. The van der Waals surface area contributed by atoms with Gasteiger partial charge in [-0.1, -0.05) is 32.9 Å². The lowest BCUT2D eigenvalue weighted by Crippen LogP contribution is -2.22. The summed E-state index contributed by atoms with van der Waals surface area (Å²) in [6.45, 7) is 8.01. The van der Waals surface area contributed by atoms with E-state index in [1.165, 1.54) is 7.11 Å². The van der Waals surface area contributed by atoms with Crippen molar-refractivity contribution in [1.29, 1.82) is 0 Å². The number of hydrogen-bond donors (Lipinski definition) is 2. The van der Waals surface area contributed by atoms with E-state index in [4.69, 9.17) is 9.47 Å². The van der Waals surface area contributed by atoms with Crippen LogP contribution in [-0.4, -0.2) is 31.7 Å². The minimum Gasteiger partial charge on any atom is -0.497 e. The summed E-state index contributed by atoms with van der Waals surface area (Å²) in [6.07, 6.45) is 0.0175. The molecule has 2 N–H and O–H groups in total.